The van der Waals surface area contributed by atoms with Crippen molar-refractivity contribution in [2.45, 2.75) is 58.0 Å². The fourth-order valence-corrected chi connectivity index (χ4v) is 3.42. The smallest absolute Gasteiger partial charge is 0.341 e. The summed E-state index contributed by atoms with van der Waals surface area (Å²) in [5, 5.41) is 2.93. The number of benzene rings is 1. The fourth-order valence-electron chi connectivity index (χ4n) is 3.42. The predicted molar refractivity (Wildman–Crippen MR) is 99.6 cm³/mol. The number of anilines is 1. The monoisotopic (exact) mass is 363 g/mol. The van der Waals surface area contributed by atoms with Crippen LogP contribution in [0.25, 0.3) is 0 Å². The maximum Gasteiger partial charge on any atom is 0.341 e. The van der Waals surface area contributed by atoms with Gasteiger partial charge in [-0.1, -0.05) is 25.7 Å². The highest BCUT2D eigenvalue weighted by Crippen LogP contribution is 2.32. The van der Waals surface area contributed by atoms with Crippen LogP contribution in [-0.2, 0) is 14.3 Å². The van der Waals surface area contributed by atoms with Crippen LogP contribution in [0.1, 0.15) is 62.7 Å². The molecule has 6 heteroatoms. The van der Waals surface area contributed by atoms with Crippen LogP contribution in [0, 0.1) is 0 Å². The summed E-state index contributed by atoms with van der Waals surface area (Å²) in [6.45, 7) is 4.67. The number of rotatable bonds is 7. The second-order valence-corrected chi connectivity index (χ2v) is 6.43. The molecule has 6 nitrogen and oxygen atoms in total. The highest BCUT2D eigenvalue weighted by molar-refractivity contribution is 5.99. The van der Waals surface area contributed by atoms with E-state index in [-0.39, 0.29) is 5.91 Å². The minimum atomic E-state index is -0.796. The molecule has 1 fully saturated rings. The van der Waals surface area contributed by atoms with Crippen molar-refractivity contribution in [1.29, 1.82) is 0 Å². The lowest BCUT2D eigenvalue weighted by Gasteiger charge is -2.31. The molecule has 1 N–H and O–H groups in total. The van der Waals surface area contributed by atoms with Gasteiger partial charge < -0.3 is 19.5 Å². The van der Waals surface area contributed by atoms with Crippen LogP contribution < -0.4 is 10.1 Å². The number of ether oxygens (including phenoxy) is 3. The van der Waals surface area contributed by atoms with Gasteiger partial charge in [-0.3, -0.25) is 4.79 Å². The number of carbonyl (C=O) groups excluding carboxylic acids is 2. The van der Waals surface area contributed by atoms with E-state index >= 15 is 0 Å². The van der Waals surface area contributed by atoms with E-state index in [0.29, 0.717) is 43.1 Å². The van der Waals surface area contributed by atoms with E-state index in [1.54, 1.807) is 18.2 Å². The molecule has 1 aliphatic rings. The minimum absolute atomic E-state index is 0.152. The number of carbonyl (C=O) groups is 2. The van der Waals surface area contributed by atoms with Crippen LogP contribution >= 0.6 is 0 Å². The molecule has 0 atom stereocenters. The lowest BCUT2D eigenvalue weighted by atomic mass is 9.92. The second-order valence-electron chi connectivity index (χ2n) is 6.43. The molecule has 1 aromatic rings. The molecular formula is C20H29NO5. The largest absolute Gasteiger partial charge is 0.493 e. The summed E-state index contributed by atoms with van der Waals surface area (Å²) < 4.78 is 16.2. The van der Waals surface area contributed by atoms with Crippen molar-refractivity contribution < 1.29 is 23.8 Å². The van der Waals surface area contributed by atoms with Crippen LogP contribution in [-0.4, -0.2) is 37.8 Å². The van der Waals surface area contributed by atoms with Gasteiger partial charge in [-0.25, -0.2) is 4.79 Å². The Morgan fingerprint density at radius 3 is 2.35 bits per heavy atom. The first-order chi connectivity index (χ1) is 12.6. The Kier molecular flexibility index (Phi) is 7.45. The number of esters is 1. The molecule has 1 aliphatic carbocycles. The molecule has 2 rings (SSSR count). The molecule has 0 saturated heterocycles. The first kappa shape index (κ1) is 20.2. The molecular weight excluding hydrogens is 334 g/mol. The van der Waals surface area contributed by atoms with Crippen LogP contribution in [0.5, 0.6) is 5.75 Å². The van der Waals surface area contributed by atoms with Gasteiger partial charge in [-0.2, -0.15) is 0 Å². The van der Waals surface area contributed by atoms with Crippen LogP contribution in [0.15, 0.2) is 18.2 Å². The third-order valence-corrected chi connectivity index (χ3v) is 4.69. The molecule has 0 spiro atoms. The van der Waals surface area contributed by atoms with E-state index in [9.17, 15) is 9.59 Å². The van der Waals surface area contributed by atoms with Gasteiger partial charge in [0.05, 0.1) is 13.7 Å². The van der Waals surface area contributed by atoms with Gasteiger partial charge in [0.2, 0.25) is 0 Å². The van der Waals surface area contributed by atoms with Crippen LogP contribution in [0.2, 0.25) is 0 Å². The summed E-state index contributed by atoms with van der Waals surface area (Å²) in [6, 6.07) is 4.99. The van der Waals surface area contributed by atoms with Crippen molar-refractivity contribution in [2.75, 3.05) is 25.6 Å². The summed E-state index contributed by atoms with van der Waals surface area (Å²) in [4.78, 5) is 25.0. The molecule has 0 aliphatic heterocycles. The first-order valence-corrected chi connectivity index (χ1v) is 9.37. The van der Waals surface area contributed by atoms with Crippen molar-refractivity contribution in [3.8, 4) is 5.75 Å². The Bertz CT molecular complexity index is 621. The SMILES string of the molecule is CCOc1ccc(NC(=O)C2(OCC)CCCCCC2)cc1C(=O)OC. The molecule has 0 aromatic heterocycles. The number of hydrogen-bond acceptors (Lipinski definition) is 5. The van der Waals surface area contributed by atoms with Crippen molar-refractivity contribution in [3.05, 3.63) is 23.8 Å². The van der Waals surface area contributed by atoms with Crippen molar-refractivity contribution in [3.63, 3.8) is 0 Å². The highest BCUT2D eigenvalue weighted by Gasteiger charge is 2.39. The van der Waals surface area contributed by atoms with E-state index in [1.807, 2.05) is 13.8 Å². The lowest BCUT2D eigenvalue weighted by Crippen LogP contribution is -2.45. The summed E-state index contributed by atoms with van der Waals surface area (Å²) in [5.41, 5.74) is 0.0237. The Morgan fingerprint density at radius 2 is 1.77 bits per heavy atom. The van der Waals surface area contributed by atoms with Crippen molar-refractivity contribution >= 4 is 17.6 Å². The number of methoxy groups -OCH3 is 1. The second kappa shape index (κ2) is 9.57. The Hall–Kier alpha value is -2.08. The highest BCUT2D eigenvalue weighted by atomic mass is 16.5. The number of hydrogen-bond donors (Lipinski definition) is 1. The average molecular weight is 363 g/mol. The summed E-state index contributed by atoms with van der Waals surface area (Å²) >= 11 is 0. The summed E-state index contributed by atoms with van der Waals surface area (Å²) in [6.07, 6.45) is 5.63. The van der Waals surface area contributed by atoms with Crippen LogP contribution in [0.4, 0.5) is 5.69 Å². The standard InChI is InChI=1S/C20H29NO5/c1-4-25-17-11-10-15(14-16(17)18(22)24-3)21-19(23)20(26-5-2)12-8-6-7-9-13-20/h10-11,14H,4-9,12-13H2,1-3H3,(H,21,23). The molecule has 0 radical (unpaired) electrons. The molecule has 1 aromatic carbocycles. The third-order valence-electron chi connectivity index (χ3n) is 4.69. The van der Waals surface area contributed by atoms with E-state index in [1.165, 1.54) is 7.11 Å². The van der Waals surface area contributed by atoms with E-state index in [0.717, 1.165) is 25.7 Å². The molecule has 1 saturated carbocycles. The maximum atomic E-state index is 13.0. The van der Waals surface area contributed by atoms with Crippen molar-refractivity contribution in [2.24, 2.45) is 0 Å². The van der Waals surface area contributed by atoms with Crippen LogP contribution in [0.3, 0.4) is 0 Å². The van der Waals surface area contributed by atoms with Gasteiger partial charge >= 0.3 is 5.97 Å². The lowest BCUT2D eigenvalue weighted by molar-refractivity contribution is -0.143. The van der Waals surface area contributed by atoms with Gasteiger partial charge in [0.1, 0.15) is 16.9 Å². The zero-order valence-corrected chi connectivity index (χ0v) is 15.9. The quantitative estimate of drug-likeness (QED) is 0.587. The van der Waals surface area contributed by atoms with Gasteiger partial charge in [0, 0.05) is 12.3 Å². The van der Waals surface area contributed by atoms with Gasteiger partial charge in [0.25, 0.3) is 5.91 Å². The van der Waals surface area contributed by atoms with E-state index < -0.39 is 11.6 Å². The zero-order chi connectivity index (χ0) is 19.0. The molecule has 144 valence electrons. The molecule has 0 heterocycles. The topological polar surface area (TPSA) is 73.9 Å². The van der Waals surface area contributed by atoms with Crippen molar-refractivity contribution in [1.82, 2.24) is 0 Å². The zero-order valence-electron chi connectivity index (χ0n) is 15.9. The van der Waals surface area contributed by atoms with E-state index in [4.69, 9.17) is 14.2 Å². The summed E-state index contributed by atoms with van der Waals surface area (Å²) in [7, 11) is 1.32. The van der Waals surface area contributed by atoms with E-state index in [2.05, 4.69) is 5.32 Å². The molecule has 1 amide bonds. The van der Waals surface area contributed by atoms with Gasteiger partial charge in [-0.15, -0.1) is 0 Å². The normalized spacial score (nSPS) is 16.4. The van der Waals surface area contributed by atoms with Gasteiger partial charge in [0.15, 0.2) is 0 Å². The summed E-state index contributed by atoms with van der Waals surface area (Å²) in [5.74, 6) is -0.217. The molecule has 0 unspecified atom stereocenters. The Balaban J connectivity index is 2.24. The first-order valence-electron chi connectivity index (χ1n) is 9.37. The molecule has 26 heavy (non-hydrogen) atoms. The minimum Gasteiger partial charge on any atom is -0.493 e. The number of amides is 1. The Morgan fingerprint density at radius 1 is 1.08 bits per heavy atom. The maximum absolute atomic E-state index is 13.0. The predicted octanol–water partition coefficient (Wildman–Crippen LogP) is 3.94. The third kappa shape index (κ3) is 4.75. The molecule has 0 bridgehead atoms. The average Bonchev–Trinajstić information content (AvgIpc) is 2.89. The van der Waals surface area contributed by atoms with Gasteiger partial charge in [-0.05, 0) is 44.9 Å². The Labute approximate surface area is 155 Å². The fraction of sp³-hybridized carbons (Fsp3) is 0.600. The number of nitrogens with one attached hydrogen (secondary N) is 1.